The van der Waals surface area contributed by atoms with Gasteiger partial charge in [-0.25, -0.2) is 0 Å². The van der Waals surface area contributed by atoms with Gasteiger partial charge in [0.05, 0.1) is 12.5 Å². The number of anilines is 1. The third-order valence-corrected chi connectivity index (χ3v) is 5.10. The molecule has 0 spiro atoms. The smallest absolute Gasteiger partial charge is 0.312 e. The quantitative estimate of drug-likeness (QED) is 0.516. The minimum atomic E-state index is -0.916. The van der Waals surface area contributed by atoms with Crippen molar-refractivity contribution in [1.29, 1.82) is 0 Å². The van der Waals surface area contributed by atoms with Crippen LogP contribution >= 0.6 is 0 Å². The van der Waals surface area contributed by atoms with Crippen LogP contribution in [0.2, 0.25) is 0 Å². The van der Waals surface area contributed by atoms with Crippen molar-refractivity contribution >= 4 is 23.5 Å². The van der Waals surface area contributed by atoms with Crippen LogP contribution in [-0.4, -0.2) is 50.7 Å². The van der Waals surface area contributed by atoms with Crippen molar-refractivity contribution < 1.29 is 23.9 Å². The topological polar surface area (TPSA) is 84.9 Å². The van der Waals surface area contributed by atoms with Crippen LogP contribution in [0.25, 0.3) is 0 Å². The molecule has 0 aromatic heterocycles. The Hall–Kier alpha value is -2.41. The molecule has 7 heteroatoms. The lowest BCUT2D eigenvalue weighted by Gasteiger charge is -2.23. The number of rotatable bonds is 9. The van der Waals surface area contributed by atoms with Crippen molar-refractivity contribution in [2.24, 2.45) is 5.92 Å². The van der Waals surface area contributed by atoms with E-state index in [1.807, 2.05) is 24.3 Å². The summed E-state index contributed by atoms with van der Waals surface area (Å²) in [5, 5.41) is 2.63. The summed E-state index contributed by atoms with van der Waals surface area (Å²) < 4.78 is 10.2. The molecule has 3 atom stereocenters. The van der Waals surface area contributed by atoms with E-state index in [9.17, 15) is 14.4 Å². The molecule has 1 fully saturated rings. The first-order valence-electron chi connectivity index (χ1n) is 9.75. The average molecular weight is 390 g/mol. The lowest BCUT2D eigenvalue weighted by Crippen LogP contribution is -2.38. The second-order valence-electron chi connectivity index (χ2n) is 7.14. The van der Waals surface area contributed by atoms with Crippen LogP contribution in [0.15, 0.2) is 24.3 Å². The Morgan fingerprint density at radius 3 is 2.68 bits per heavy atom. The number of carbonyl (C=O) groups excluding carboxylic acids is 3. The Kier molecular flexibility index (Phi) is 7.99. The fraction of sp³-hybridized carbons (Fsp3) is 0.571. The molecular formula is C21H30N2O5. The molecule has 1 aliphatic rings. The normalized spacial score (nSPS) is 18.6. The highest BCUT2D eigenvalue weighted by atomic mass is 16.5. The fourth-order valence-corrected chi connectivity index (χ4v) is 3.21. The van der Waals surface area contributed by atoms with Gasteiger partial charge in [-0.3, -0.25) is 14.4 Å². The summed E-state index contributed by atoms with van der Waals surface area (Å²) in [6, 6.07) is 7.79. The third kappa shape index (κ3) is 5.32. The van der Waals surface area contributed by atoms with Gasteiger partial charge in [0.25, 0.3) is 5.91 Å². The number of hydrogen-bond donors (Lipinski definition) is 1. The van der Waals surface area contributed by atoms with Crippen molar-refractivity contribution in [1.82, 2.24) is 5.32 Å². The van der Waals surface area contributed by atoms with E-state index < -0.39 is 18.0 Å². The molecule has 0 aliphatic carbocycles. The molecule has 0 saturated carbocycles. The minimum Gasteiger partial charge on any atom is -0.452 e. The van der Waals surface area contributed by atoms with E-state index in [-0.39, 0.29) is 24.8 Å². The van der Waals surface area contributed by atoms with Crippen molar-refractivity contribution in [3.05, 3.63) is 29.8 Å². The number of nitrogens with one attached hydrogen (secondary N) is 1. The maximum atomic E-state index is 12.6. The molecule has 0 bridgehead atoms. The number of carbonyl (C=O) groups is 3. The van der Waals surface area contributed by atoms with Gasteiger partial charge >= 0.3 is 5.97 Å². The van der Waals surface area contributed by atoms with Crippen molar-refractivity contribution in [3.8, 4) is 0 Å². The highest BCUT2D eigenvalue weighted by molar-refractivity contribution is 6.00. The van der Waals surface area contributed by atoms with E-state index >= 15 is 0 Å². The molecule has 1 aromatic carbocycles. The first-order chi connectivity index (χ1) is 13.4. The standard InChI is InChI=1S/C21H30N2O5/c1-5-14(2)17-8-6-7-9-18(17)23-13-16(12-19(23)24)21(26)28-15(3)20(25)22-10-11-27-4/h6-9,14-16H,5,10-13H2,1-4H3,(H,22,25)/t14-,15+,16-/m1/s1. The second kappa shape index (κ2) is 10.2. The molecule has 1 heterocycles. The third-order valence-electron chi connectivity index (χ3n) is 5.10. The molecule has 1 saturated heterocycles. The number of nitrogens with zero attached hydrogens (tertiary/aromatic N) is 1. The van der Waals surface area contributed by atoms with Gasteiger partial charge in [-0.15, -0.1) is 0 Å². The van der Waals surface area contributed by atoms with Crippen molar-refractivity contribution in [2.45, 2.75) is 45.6 Å². The van der Waals surface area contributed by atoms with E-state index in [1.54, 1.807) is 4.90 Å². The fourth-order valence-electron chi connectivity index (χ4n) is 3.21. The average Bonchev–Trinajstić information content (AvgIpc) is 3.09. The molecule has 0 unspecified atom stereocenters. The highest BCUT2D eigenvalue weighted by Gasteiger charge is 2.38. The molecule has 2 rings (SSSR count). The summed E-state index contributed by atoms with van der Waals surface area (Å²) in [6.45, 7) is 6.74. The van der Waals surface area contributed by atoms with Gasteiger partial charge in [0.15, 0.2) is 6.10 Å². The van der Waals surface area contributed by atoms with Gasteiger partial charge in [0.1, 0.15) is 0 Å². The Bertz CT molecular complexity index is 706. The Morgan fingerprint density at radius 2 is 2.00 bits per heavy atom. The molecule has 1 aromatic rings. The maximum absolute atomic E-state index is 12.6. The van der Waals surface area contributed by atoms with Crippen LogP contribution in [0.5, 0.6) is 0 Å². The van der Waals surface area contributed by atoms with E-state index in [4.69, 9.17) is 9.47 Å². The molecule has 1 N–H and O–H groups in total. The summed E-state index contributed by atoms with van der Waals surface area (Å²) in [5.74, 6) is -1.27. The SMILES string of the molecule is CC[C@@H](C)c1ccccc1N1C[C@H](C(=O)O[C@@H](C)C(=O)NCCOC)CC1=O. The Balaban J connectivity index is 2.01. The van der Waals surface area contributed by atoms with Crippen LogP contribution < -0.4 is 10.2 Å². The summed E-state index contributed by atoms with van der Waals surface area (Å²) in [6.07, 6.45) is 0.132. The van der Waals surface area contributed by atoms with Crippen molar-refractivity contribution in [3.63, 3.8) is 0 Å². The second-order valence-corrected chi connectivity index (χ2v) is 7.14. The summed E-state index contributed by atoms with van der Waals surface area (Å²) in [7, 11) is 1.54. The molecular weight excluding hydrogens is 360 g/mol. The number of methoxy groups -OCH3 is 1. The van der Waals surface area contributed by atoms with Gasteiger partial charge in [0.2, 0.25) is 5.91 Å². The zero-order chi connectivity index (χ0) is 20.7. The summed E-state index contributed by atoms with van der Waals surface area (Å²) in [4.78, 5) is 38.7. The predicted octanol–water partition coefficient (Wildman–Crippen LogP) is 2.25. The van der Waals surface area contributed by atoms with Crippen molar-refractivity contribution in [2.75, 3.05) is 31.7 Å². The molecule has 7 nitrogen and oxygen atoms in total. The first-order valence-corrected chi connectivity index (χ1v) is 9.75. The van der Waals surface area contributed by atoms with Crippen LogP contribution in [-0.2, 0) is 23.9 Å². The van der Waals surface area contributed by atoms with Gasteiger partial charge in [0, 0.05) is 32.3 Å². The first kappa shape index (κ1) is 21.9. The zero-order valence-corrected chi connectivity index (χ0v) is 17.1. The van der Waals surface area contributed by atoms with Gasteiger partial charge < -0.3 is 19.7 Å². The minimum absolute atomic E-state index is 0.0890. The van der Waals surface area contributed by atoms with Crippen LogP contribution in [0, 0.1) is 5.92 Å². The maximum Gasteiger partial charge on any atom is 0.312 e. The Labute approximate surface area is 166 Å². The lowest BCUT2D eigenvalue weighted by atomic mass is 9.96. The van der Waals surface area contributed by atoms with E-state index in [0.29, 0.717) is 19.1 Å². The van der Waals surface area contributed by atoms with Crippen LogP contribution in [0.1, 0.15) is 45.1 Å². The predicted molar refractivity (Wildman–Crippen MR) is 106 cm³/mol. The number of hydrogen-bond acceptors (Lipinski definition) is 5. The molecule has 154 valence electrons. The number of para-hydroxylation sites is 1. The lowest BCUT2D eigenvalue weighted by molar-refractivity contribution is -0.158. The molecule has 0 radical (unpaired) electrons. The van der Waals surface area contributed by atoms with Crippen LogP contribution in [0.3, 0.4) is 0 Å². The number of ether oxygens (including phenoxy) is 2. The number of esters is 1. The molecule has 28 heavy (non-hydrogen) atoms. The van der Waals surface area contributed by atoms with E-state index in [0.717, 1.165) is 17.7 Å². The summed E-state index contributed by atoms with van der Waals surface area (Å²) in [5.41, 5.74) is 1.95. The van der Waals surface area contributed by atoms with Gasteiger partial charge in [-0.1, -0.05) is 32.0 Å². The number of benzene rings is 1. The van der Waals surface area contributed by atoms with E-state index in [1.165, 1.54) is 14.0 Å². The number of amides is 2. The molecule has 1 aliphatic heterocycles. The zero-order valence-electron chi connectivity index (χ0n) is 17.1. The van der Waals surface area contributed by atoms with Gasteiger partial charge in [-0.2, -0.15) is 0 Å². The molecule has 2 amide bonds. The monoisotopic (exact) mass is 390 g/mol. The summed E-state index contributed by atoms with van der Waals surface area (Å²) >= 11 is 0. The van der Waals surface area contributed by atoms with Gasteiger partial charge in [-0.05, 0) is 30.9 Å². The van der Waals surface area contributed by atoms with Crippen LogP contribution in [0.4, 0.5) is 5.69 Å². The van der Waals surface area contributed by atoms with E-state index in [2.05, 4.69) is 19.2 Å². The highest BCUT2D eigenvalue weighted by Crippen LogP contribution is 2.33. The largest absolute Gasteiger partial charge is 0.452 e. The Morgan fingerprint density at radius 1 is 1.29 bits per heavy atom.